The van der Waals surface area contributed by atoms with Crippen molar-refractivity contribution >= 4 is 11.4 Å². The molecule has 0 spiro atoms. The standard InChI is InChI=1S/C32H48N6O4/c1-5-15-41-31-9-7-27(21-29(31)23-37-11-17-39-18-12-37)25(3)33-35-36-34-26(4)28-8-10-32(42-16-6-2)30(22-28)24-38-13-19-40-20-14-38/h7-10,21-22,35-36H,5-6,11-20,23-24H2,1-4H3. The predicted octanol–water partition coefficient (Wildman–Crippen LogP) is 4.17. The van der Waals surface area contributed by atoms with Crippen LogP contribution in [0.5, 0.6) is 11.5 Å². The van der Waals surface area contributed by atoms with E-state index in [9.17, 15) is 0 Å². The third-order valence-corrected chi connectivity index (χ3v) is 7.37. The Morgan fingerprint density at radius 2 is 1.10 bits per heavy atom. The second kappa shape index (κ2) is 17.1. The highest BCUT2D eigenvalue weighted by atomic mass is 16.5. The van der Waals surface area contributed by atoms with E-state index in [2.05, 4.69) is 81.3 Å². The Labute approximate surface area is 251 Å². The fourth-order valence-electron chi connectivity index (χ4n) is 4.91. The van der Waals surface area contributed by atoms with E-state index in [-0.39, 0.29) is 0 Å². The van der Waals surface area contributed by atoms with E-state index in [0.29, 0.717) is 13.2 Å². The topological polar surface area (TPSA) is 92.2 Å². The number of nitrogens with zero attached hydrogens (tertiary/aromatic N) is 4. The number of ether oxygens (including phenoxy) is 4. The van der Waals surface area contributed by atoms with Gasteiger partial charge in [0, 0.05) is 50.4 Å². The molecule has 0 atom stereocenters. The molecule has 2 aliphatic rings. The number of hydrogen-bond donors (Lipinski definition) is 2. The quantitative estimate of drug-likeness (QED) is 0.184. The van der Waals surface area contributed by atoms with Crippen molar-refractivity contribution in [1.82, 2.24) is 20.9 Å². The maximum atomic E-state index is 6.05. The molecular formula is C32H48N6O4. The lowest BCUT2D eigenvalue weighted by Crippen LogP contribution is -2.35. The zero-order valence-corrected chi connectivity index (χ0v) is 25.8. The Hall–Kier alpha value is -3.18. The summed E-state index contributed by atoms with van der Waals surface area (Å²) in [6.45, 7) is 18.1. The SMILES string of the molecule is CCCOc1ccc(C(C)=NNNN=C(C)c2ccc(OCCC)c(CN3CCOCC3)c2)cc1CN1CCOCC1. The molecule has 0 radical (unpaired) electrons. The first kappa shape index (κ1) is 31.7. The molecule has 10 heteroatoms. The molecule has 0 aliphatic carbocycles. The second-order valence-electron chi connectivity index (χ2n) is 10.7. The molecule has 0 bridgehead atoms. The van der Waals surface area contributed by atoms with Gasteiger partial charge in [0.2, 0.25) is 0 Å². The summed E-state index contributed by atoms with van der Waals surface area (Å²) in [5.41, 5.74) is 11.9. The summed E-state index contributed by atoms with van der Waals surface area (Å²) in [6, 6.07) is 12.6. The third kappa shape index (κ3) is 9.69. The van der Waals surface area contributed by atoms with Crippen molar-refractivity contribution in [3.63, 3.8) is 0 Å². The summed E-state index contributed by atoms with van der Waals surface area (Å²) in [5, 5.41) is 9.04. The van der Waals surface area contributed by atoms with Crippen LogP contribution in [-0.4, -0.2) is 87.0 Å². The van der Waals surface area contributed by atoms with Crippen LogP contribution in [0.3, 0.4) is 0 Å². The normalized spacial score (nSPS) is 17.2. The van der Waals surface area contributed by atoms with Crippen LogP contribution in [-0.2, 0) is 22.6 Å². The monoisotopic (exact) mass is 580 g/mol. The van der Waals surface area contributed by atoms with Gasteiger partial charge in [-0.05, 0) is 74.2 Å². The highest BCUT2D eigenvalue weighted by Crippen LogP contribution is 2.25. The molecule has 0 unspecified atom stereocenters. The van der Waals surface area contributed by atoms with Crippen LogP contribution >= 0.6 is 0 Å². The maximum absolute atomic E-state index is 6.05. The minimum absolute atomic E-state index is 0.703. The summed E-state index contributed by atoms with van der Waals surface area (Å²) >= 11 is 0. The van der Waals surface area contributed by atoms with Gasteiger partial charge in [0.1, 0.15) is 11.5 Å². The molecule has 0 aromatic heterocycles. The molecule has 230 valence electrons. The van der Waals surface area contributed by atoms with Gasteiger partial charge >= 0.3 is 0 Å². The van der Waals surface area contributed by atoms with Gasteiger partial charge in [-0.25, -0.2) is 11.1 Å². The molecule has 2 saturated heterocycles. The van der Waals surface area contributed by atoms with Gasteiger partial charge in [-0.3, -0.25) is 9.80 Å². The smallest absolute Gasteiger partial charge is 0.123 e. The van der Waals surface area contributed by atoms with E-state index in [1.54, 1.807) is 0 Å². The Morgan fingerprint density at radius 1 is 0.690 bits per heavy atom. The van der Waals surface area contributed by atoms with Crippen LogP contribution in [0.4, 0.5) is 0 Å². The molecular weight excluding hydrogens is 532 g/mol. The summed E-state index contributed by atoms with van der Waals surface area (Å²) in [7, 11) is 0. The van der Waals surface area contributed by atoms with Gasteiger partial charge in [-0.1, -0.05) is 13.8 Å². The lowest BCUT2D eigenvalue weighted by Gasteiger charge is -2.27. The minimum Gasteiger partial charge on any atom is -0.493 e. The molecule has 2 heterocycles. The van der Waals surface area contributed by atoms with Crippen LogP contribution in [0.15, 0.2) is 46.6 Å². The first-order chi connectivity index (χ1) is 20.6. The molecule has 2 N–H and O–H groups in total. The molecule has 0 saturated carbocycles. The van der Waals surface area contributed by atoms with E-state index < -0.39 is 0 Å². The van der Waals surface area contributed by atoms with Gasteiger partial charge in [0.05, 0.1) is 51.1 Å². The number of benzene rings is 2. The fourth-order valence-corrected chi connectivity index (χ4v) is 4.91. The minimum atomic E-state index is 0.703. The lowest BCUT2D eigenvalue weighted by atomic mass is 10.1. The lowest BCUT2D eigenvalue weighted by molar-refractivity contribution is 0.0337. The van der Waals surface area contributed by atoms with Crippen LogP contribution in [0, 0.1) is 0 Å². The van der Waals surface area contributed by atoms with E-state index in [1.165, 1.54) is 11.1 Å². The van der Waals surface area contributed by atoms with E-state index >= 15 is 0 Å². The fraction of sp³-hybridized carbons (Fsp3) is 0.562. The van der Waals surface area contributed by atoms with E-state index in [1.807, 2.05) is 13.8 Å². The van der Waals surface area contributed by atoms with Crippen LogP contribution in [0.25, 0.3) is 0 Å². The number of hydrazone groups is 2. The first-order valence-corrected chi connectivity index (χ1v) is 15.3. The zero-order chi connectivity index (χ0) is 29.6. The Balaban J connectivity index is 1.40. The third-order valence-electron chi connectivity index (χ3n) is 7.37. The van der Waals surface area contributed by atoms with Gasteiger partial charge in [0.15, 0.2) is 0 Å². The van der Waals surface area contributed by atoms with E-state index in [4.69, 9.17) is 18.9 Å². The summed E-state index contributed by atoms with van der Waals surface area (Å²) in [5.74, 6) is 1.87. The molecule has 2 aliphatic heterocycles. The highest BCUT2D eigenvalue weighted by Gasteiger charge is 2.16. The molecule has 2 fully saturated rings. The number of hydrazine groups is 1. The number of rotatable bonds is 15. The zero-order valence-electron chi connectivity index (χ0n) is 25.8. The van der Waals surface area contributed by atoms with E-state index in [0.717, 1.165) is 113 Å². The average molecular weight is 581 g/mol. The maximum Gasteiger partial charge on any atom is 0.123 e. The average Bonchev–Trinajstić information content (AvgIpc) is 3.02. The number of nitrogens with one attached hydrogen (secondary N) is 2. The summed E-state index contributed by atoms with van der Waals surface area (Å²) < 4.78 is 23.1. The van der Waals surface area contributed by atoms with Crippen molar-refractivity contribution in [2.24, 2.45) is 10.2 Å². The van der Waals surface area contributed by atoms with Gasteiger partial charge in [0.25, 0.3) is 0 Å². The first-order valence-electron chi connectivity index (χ1n) is 15.3. The largest absolute Gasteiger partial charge is 0.493 e. The number of hydrogen-bond acceptors (Lipinski definition) is 10. The van der Waals surface area contributed by atoms with Crippen molar-refractivity contribution in [2.75, 3.05) is 65.8 Å². The molecule has 4 rings (SSSR count). The molecule has 2 aromatic carbocycles. The predicted molar refractivity (Wildman–Crippen MR) is 167 cm³/mol. The van der Waals surface area contributed by atoms with Crippen LogP contribution in [0.2, 0.25) is 0 Å². The van der Waals surface area contributed by atoms with Gasteiger partial charge < -0.3 is 18.9 Å². The summed E-state index contributed by atoms with van der Waals surface area (Å²) in [4.78, 5) is 4.81. The van der Waals surface area contributed by atoms with Crippen LogP contribution < -0.4 is 20.5 Å². The Bertz CT molecular complexity index is 1080. The summed E-state index contributed by atoms with van der Waals surface area (Å²) in [6.07, 6.45) is 1.95. The molecule has 2 aromatic rings. The van der Waals surface area contributed by atoms with Gasteiger partial charge in [-0.2, -0.15) is 10.2 Å². The Kier molecular flexibility index (Phi) is 12.9. The van der Waals surface area contributed by atoms with Crippen molar-refractivity contribution in [3.8, 4) is 11.5 Å². The van der Waals surface area contributed by atoms with Crippen LogP contribution in [0.1, 0.15) is 62.8 Å². The highest BCUT2D eigenvalue weighted by molar-refractivity contribution is 5.99. The molecule has 42 heavy (non-hydrogen) atoms. The number of morpholine rings is 2. The van der Waals surface area contributed by atoms with Gasteiger partial charge in [-0.15, -0.1) is 0 Å². The van der Waals surface area contributed by atoms with Crippen molar-refractivity contribution in [3.05, 3.63) is 58.7 Å². The van der Waals surface area contributed by atoms with Crippen molar-refractivity contribution < 1.29 is 18.9 Å². The van der Waals surface area contributed by atoms with Crippen molar-refractivity contribution in [2.45, 2.75) is 53.6 Å². The molecule has 10 nitrogen and oxygen atoms in total. The van der Waals surface area contributed by atoms with Crippen molar-refractivity contribution in [1.29, 1.82) is 0 Å². The molecule has 0 amide bonds. The second-order valence-corrected chi connectivity index (χ2v) is 10.7. The Morgan fingerprint density at radius 3 is 1.48 bits per heavy atom.